The normalized spacial score (nSPS) is 11.2. The zero-order valence-corrected chi connectivity index (χ0v) is 12.0. The average Bonchev–Trinajstić information content (AvgIpc) is 2.53. The van der Waals surface area contributed by atoms with Crippen LogP contribution in [0.15, 0.2) is 47.6 Å². The molecule has 0 atom stereocenters. The van der Waals surface area contributed by atoms with Gasteiger partial charge in [0.1, 0.15) is 18.1 Å². The zero-order chi connectivity index (χ0) is 15.2. The molecule has 0 aromatic heterocycles. The summed E-state index contributed by atoms with van der Waals surface area (Å²) in [4.78, 5) is 0. The first kappa shape index (κ1) is 14.7. The summed E-state index contributed by atoms with van der Waals surface area (Å²) in [6, 6.07) is 13.1. The van der Waals surface area contributed by atoms with Crippen LogP contribution in [0, 0.1) is 6.92 Å². The molecule has 3 N–H and O–H groups in total. The van der Waals surface area contributed by atoms with E-state index in [1.165, 1.54) is 0 Å². The van der Waals surface area contributed by atoms with Gasteiger partial charge in [-0.15, -0.1) is 0 Å². The van der Waals surface area contributed by atoms with Crippen LogP contribution in [0.4, 0.5) is 0 Å². The molecule has 0 fully saturated rings. The topological polar surface area (TPSA) is 77.1 Å². The molecule has 0 spiro atoms. The fourth-order valence-electron chi connectivity index (χ4n) is 1.91. The molecule has 0 bridgehead atoms. The smallest absolute Gasteiger partial charge is 0.170 e. The first-order valence-corrected chi connectivity index (χ1v) is 6.48. The van der Waals surface area contributed by atoms with E-state index in [0.717, 1.165) is 11.1 Å². The highest BCUT2D eigenvalue weighted by molar-refractivity contribution is 5.97. The van der Waals surface area contributed by atoms with Crippen LogP contribution in [0.5, 0.6) is 11.5 Å². The summed E-state index contributed by atoms with van der Waals surface area (Å²) in [6.07, 6.45) is 0. The number of hydrogen-bond acceptors (Lipinski definition) is 4. The number of aryl methyl sites for hydroxylation is 1. The molecule has 0 radical (unpaired) electrons. The molecule has 5 heteroatoms. The van der Waals surface area contributed by atoms with Crippen molar-refractivity contribution >= 4 is 5.84 Å². The molecule has 0 aliphatic carbocycles. The lowest BCUT2D eigenvalue weighted by Gasteiger charge is -2.11. The van der Waals surface area contributed by atoms with Crippen molar-refractivity contribution < 1.29 is 14.7 Å². The van der Waals surface area contributed by atoms with Crippen LogP contribution in [0.1, 0.15) is 16.7 Å². The largest absolute Gasteiger partial charge is 0.497 e. The predicted molar refractivity (Wildman–Crippen MR) is 81.0 cm³/mol. The molecule has 0 unspecified atom stereocenters. The van der Waals surface area contributed by atoms with Crippen molar-refractivity contribution in [2.24, 2.45) is 10.9 Å². The minimum atomic E-state index is 0.00893. The average molecular weight is 286 g/mol. The van der Waals surface area contributed by atoms with E-state index in [1.807, 2.05) is 31.2 Å². The van der Waals surface area contributed by atoms with Gasteiger partial charge in [-0.2, -0.15) is 0 Å². The van der Waals surface area contributed by atoms with Crippen molar-refractivity contribution in [2.45, 2.75) is 13.5 Å². The summed E-state index contributed by atoms with van der Waals surface area (Å²) in [5.41, 5.74) is 8.41. The van der Waals surface area contributed by atoms with Gasteiger partial charge in [-0.3, -0.25) is 0 Å². The maximum Gasteiger partial charge on any atom is 0.170 e. The molecule has 2 rings (SSSR count). The third-order valence-corrected chi connectivity index (χ3v) is 3.17. The Bertz CT molecular complexity index is 654. The van der Waals surface area contributed by atoms with E-state index in [2.05, 4.69) is 5.16 Å². The molecular formula is C16H18N2O3. The van der Waals surface area contributed by atoms with Gasteiger partial charge in [0.2, 0.25) is 0 Å². The van der Waals surface area contributed by atoms with E-state index in [1.54, 1.807) is 25.3 Å². The molecule has 0 saturated heterocycles. The van der Waals surface area contributed by atoms with Crippen molar-refractivity contribution in [3.05, 3.63) is 59.2 Å². The number of rotatable bonds is 5. The van der Waals surface area contributed by atoms with Crippen LogP contribution >= 0.6 is 0 Å². The fourth-order valence-corrected chi connectivity index (χ4v) is 1.91. The summed E-state index contributed by atoms with van der Waals surface area (Å²) in [7, 11) is 1.55. The monoisotopic (exact) mass is 286 g/mol. The maximum absolute atomic E-state index is 8.77. The number of nitrogens with two attached hydrogens (primary N) is 1. The van der Waals surface area contributed by atoms with Crippen molar-refractivity contribution in [3.63, 3.8) is 0 Å². The van der Waals surface area contributed by atoms with Crippen LogP contribution in [-0.2, 0) is 6.61 Å². The summed E-state index contributed by atoms with van der Waals surface area (Å²) in [5, 5.41) is 11.8. The number of nitrogens with zero attached hydrogens (tertiary/aromatic N) is 1. The molecule has 0 aliphatic rings. The Labute approximate surface area is 123 Å². The van der Waals surface area contributed by atoms with Crippen molar-refractivity contribution in [2.75, 3.05) is 7.11 Å². The minimum absolute atomic E-state index is 0.00893. The lowest BCUT2D eigenvalue weighted by Crippen LogP contribution is -2.13. The van der Waals surface area contributed by atoms with Gasteiger partial charge in [-0.25, -0.2) is 0 Å². The van der Waals surface area contributed by atoms with E-state index >= 15 is 0 Å². The Balaban J connectivity index is 2.21. The van der Waals surface area contributed by atoms with E-state index in [4.69, 9.17) is 20.4 Å². The summed E-state index contributed by atoms with van der Waals surface area (Å²) < 4.78 is 11.0. The summed E-state index contributed by atoms with van der Waals surface area (Å²) in [5.74, 6) is 1.19. The number of amidine groups is 1. The van der Waals surface area contributed by atoms with Gasteiger partial charge in [0.25, 0.3) is 0 Å². The van der Waals surface area contributed by atoms with Gasteiger partial charge in [0.05, 0.1) is 7.11 Å². The molecule has 0 amide bonds. The lowest BCUT2D eigenvalue weighted by atomic mass is 10.1. The van der Waals surface area contributed by atoms with Gasteiger partial charge in [-0.05, 0) is 30.2 Å². The Morgan fingerprint density at radius 2 is 1.90 bits per heavy atom. The second kappa shape index (κ2) is 6.65. The van der Waals surface area contributed by atoms with Crippen LogP contribution in [-0.4, -0.2) is 18.2 Å². The molecule has 21 heavy (non-hydrogen) atoms. The highest BCUT2D eigenvalue weighted by Crippen LogP contribution is 2.24. The number of benzene rings is 2. The molecule has 0 heterocycles. The van der Waals surface area contributed by atoms with Crippen LogP contribution in [0.3, 0.4) is 0 Å². The number of methoxy groups -OCH3 is 1. The zero-order valence-electron chi connectivity index (χ0n) is 12.0. The molecule has 0 aliphatic heterocycles. The molecular weight excluding hydrogens is 268 g/mol. The molecule has 2 aromatic carbocycles. The lowest BCUT2D eigenvalue weighted by molar-refractivity contribution is 0.302. The van der Waals surface area contributed by atoms with E-state index < -0.39 is 0 Å². The van der Waals surface area contributed by atoms with Gasteiger partial charge < -0.3 is 20.4 Å². The first-order chi connectivity index (χ1) is 10.1. The van der Waals surface area contributed by atoms with Crippen molar-refractivity contribution in [1.29, 1.82) is 0 Å². The van der Waals surface area contributed by atoms with Gasteiger partial charge in [0.15, 0.2) is 5.84 Å². The molecule has 2 aromatic rings. The quantitative estimate of drug-likeness (QED) is 0.383. The maximum atomic E-state index is 8.77. The van der Waals surface area contributed by atoms with Crippen LogP contribution in [0.25, 0.3) is 0 Å². The predicted octanol–water partition coefficient (Wildman–Crippen LogP) is 2.68. The second-order valence-corrected chi connectivity index (χ2v) is 4.60. The first-order valence-electron chi connectivity index (χ1n) is 6.48. The number of ether oxygens (including phenoxy) is 2. The Morgan fingerprint density at radius 3 is 2.57 bits per heavy atom. The highest BCUT2D eigenvalue weighted by atomic mass is 16.5. The van der Waals surface area contributed by atoms with Gasteiger partial charge in [-0.1, -0.05) is 29.4 Å². The van der Waals surface area contributed by atoms with Crippen molar-refractivity contribution in [3.8, 4) is 11.5 Å². The van der Waals surface area contributed by atoms with E-state index in [0.29, 0.717) is 23.7 Å². The van der Waals surface area contributed by atoms with E-state index in [-0.39, 0.29) is 5.84 Å². The summed E-state index contributed by atoms with van der Waals surface area (Å²) >= 11 is 0. The Morgan fingerprint density at radius 1 is 1.19 bits per heavy atom. The van der Waals surface area contributed by atoms with Gasteiger partial charge >= 0.3 is 0 Å². The fraction of sp³-hybridized carbons (Fsp3) is 0.188. The Hall–Kier alpha value is -2.69. The Kier molecular flexibility index (Phi) is 4.66. The highest BCUT2D eigenvalue weighted by Gasteiger charge is 2.07. The van der Waals surface area contributed by atoms with Crippen molar-refractivity contribution in [1.82, 2.24) is 0 Å². The number of oxime groups is 1. The third-order valence-electron chi connectivity index (χ3n) is 3.17. The summed E-state index contributed by atoms with van der Waals surface area (Å²) in [6.45, 7) is 2.47. The van der Waals surface area contributed by atoms with E-state index in [9.17, 15) is 0 Å². The molecule has 0 saturated carbocycles. The molecule has 5 nitrogen and oxygen atoms in total. The minimum Gasteiger partial charge on any atom is -0.497 e. The standard InChI is InChI=1S/C16H18N2O3/c1-11-5-3-4-6-12(11)10-21-15-8-13(16(17)18-19)7-14(9-15)20-2/h3-9,19H,10H2,1-2H3,(H2,17,18). The van der Waals surface area contributed by atoms with Crippen LogP contribution < -0.4 is 15.2 Å². The molecule has 110 valence electrons. The van der Waals surface area contributed by atoms with Gasteiger partial charge in [0, 0.05) is 11.6 Å². The third kappa shape index (κ3) is 3.66. The SMILES string of the molecule is COc1cc(OCc2ccccc2C)cc(/C(N)=N/O)c1. The van der Waals surface area contributed by atoms with Crippen LogP contribution in [0.2, 0.25) is 0 Å². The second-order valence-electron chi connectivity index (χ2n) is 4.60. The number of hydrogen-bond donors (Lipinski definition) is 2.